The first-order chi connectivity index (χ1) is 9.69. The quantitative estimate of drug-likeness (QED) is 0.833. The van der Waals surface area contributed by atoms with Crippen molar-refractivity contribution in [2.45, 2.75) is 64.8 Å². The highest BCUT2D eigenvalue weighted by atomic mass is 16.1. The number of hydrogen-bond acceptors (Lipinski definition) is 1. The zero-order chi connectivity index (χ0) is 14.4. The van der Waals surface area contributed by atoms with E-state index in [1.165, 1.54) is 37.7 Å². The Hall–Kier alpha value is -1.31. The van der Waals surface area contributed by atoms with Crippen molar-refractivity contribution in [3.63, 3.8) is 0 Å². The molecular weight excluding hydrogens is 246 g/mol. The van der Waals surface area contributed by atoms with Gasteiger partial charge in [-0.1, -0.05) is 56.0 Å². The molecule has 20 heavy (non-hydrogen) atoms. The molecule has 1 fully saturated rings. The van der Waals surface area contributed by atoms with E-state index in [2.05, 4.69) is 43.4 Å². The Morgan fingerprint density at radius 3 is 2.70 bits per heavy atom. The van der Waals surface area contributed by atoms with Crippen molar-refractivity contribution in [3.8, 4) is 0 Å². The van der Waals surface area contributed by atoms with Gasteiger partial charge in [0.05, 0.1) is 6.42 Å². The summed E-state index contributed by atoms with van der Waals surface area (Å²) in [5.74, 6) is 0.888. The molecule has 2 rings (SSSR count). The summed E-state index contributed by atoms with van der Waals surface area (Å²) in [7, 11) is 0. The second kappa shape index (κ2) is 7.47. The van der Waals surface area contributed by atoms with Crippen LogP contribution in [0.25, 0.3) is 0 Å². The molecule has 0 aromatic heterocycles. The molecule has 0 aliphatic heterocycles. The van der Waals surface area contributed by atoms with Gasteiger partial charge in [-0.25, -0.2) is 0 Å². The van der Waals surface area contributed by atoms with Crippen LogP contribution in [-0.4, -0.2) is 11.9 Å². The van der Waals surface area contributed by atoms with Crippen molar-refractivity contribution in [1.82, 2.24) is 5.32 Å². The average molecular weight is 273 g/mol. The van der Waals surface area contributed by atoms with E-state index in [4.69, 9.17) is 0 Å². The normalized spacial score (nSPS) is 21.9. The van der Waals surface area contributed by atoms with Crippen LogP contribution in [0, 0.1) is 12.8 Å². The predicted molar refractivity (Wildman–Crippen MR) is 83.7 cm³/mol. The summed E-state index contributed by atoms with van der Waals surface area (Å²) in [5, 5.41) is 3.26. The standard InChI is InChI=1S/C18H27NO/c1-3-4-6-16-7-5-8-17(16)19-18(20)13-15-11-9-14(2)10-12-15/h9-12,16-17H,3-8,13H2,1-2H3,(H,19,20). The van der Waals surface area contributed by atoms with E-state index >= 15 is 0 Å². The molecular formula is C18H27NO. The third-order valence-corrected chi connectivity index (χ3v) is 4.42. The van der Waals surface area contributed by atoms with Gasteiger partial charge in [-0.15, -0.1) is 0 Å². The Morgan fingerprint density at radius 2 is 2.00 bits per heavy atom. The van der Waals surface area contributed by atoms with Gasteiger partial charge < -0.3 is 5.32 Å². The first-order valence-corrected chi connectivity index (χ1v) is 8.04. The molecule has 0 bridgehead atoms. The molecule has 2 atom stereocenters. The van der Waals surface area contributed by atoms with Gasteiger partial charge in [-0.2, -0.15) is 0 Å². The molecule has 110 valence electrons. The topological polar surface area (TPSA) is 29.1 Å². The Bertz CT molecular complexity index is 424. The summed E-state index contributed by atoms with van der Waals surface area (Å²) in [6, 6.07) is 8.67. The third-order valence-electron chi connectivity index (χ3n) is 4.42. The minimum absolute atomic E-state index is 0.183. The van der Waals surface area contributed by atoms with Crippen molar-refractivity contribution >= 4 is 5.91 Å². The lowest BCUT2D eigenvalue weighted by Gasteiger charge is -2.21. The van der Waals surface area contributed by atoms with Gasteiger partial charge in [0, 0.05) is 6.04 Å². The SMILES string of the molecule is CCCCC1CCCC1NC(=O)Cc1ccc(C)cc1. The number of carbonyl (C=O) groups is 1. The molecule has 1 N–H and O–H groups in total. The summed E-state index contributed by atoms with van der Waals surface area (Å²) < 4.78 is 0. The number of benzene rings is 1. The van der Waals surface area contributed by atoms with Gasteiger partial charge in [0.15, 0.2) is 0 Å². The van der Waals surface area contributed by atoms with Crippen molar-refractivity contribution < 1.29 is 4.79 Å². The van der Waals surface area contributed by atoms with Crippen LogP contribution in [0.15, 0.2) is 24.3 Å². The summed E-state index contributed by atoms with van der Waals surface area (Å²) in [6.45, 7) is 4.31. The minimum atomic E-state index is 0.183. The molecule has 1 aromatic carbocycles. The van der Waals surface area contributed by atoms with Crippen LogP contribution in [0.3, 0.4) is 0 Å². The maximum Gasteiger partial charge on any atom is 0.224 e. The fraction of sp³-hybridized carbons (Fsp3) is 0.611. The highest BCUT2D eigenvalue weighted by Crippen LogP contribution is 2.29. The van der Waals surface area contributed by atoms with Gasteiger partial charge in [-0.05, 0) is 37.7 Å². The second-order valence-corrected chi connectivity index (χ2v) is 6.17. The minimum Gasteiger partial charge on any atom is -0.353 e. The van der Waals surface area contributed by atoms with E-state index in [0.29, 0.717) is 18.4 Å². The third kappa shape index (κ3) is 4.36. The molecule has 1 aliphatic rings. The molecule has 2 nitrogen and oxygen atoms in total. The predicted octanol–water partition coefficient (Wildman–Crippen LogP) is 4.01. The molecule has 0 spiro atoms. The van der Waals surface area contributed by atoms with Crippen LogP contribution < -0.4 is 5.32 Å². The van der Waals surface area contributed by atoms with Crippen LogP contribution in [0.5, 0.6) is 0 Å². The zero-order valence-corrected chi connectivity index (χ0v) is 12.8. The Kier molecular flexibility index (Phi) is 5.63. The van der Waals surface area contributed by atoms with E-state index in [-0.39, 0.29) is 5.91 Å². The van der Waals surface area contributed by atoms with E-state index in [1.807, 2.05) is 0 Å². The Morgan fingerprint density at radius 1 is 1.25 bits per heavy atom. The van der Waals surface area contributed by atoms with E-state index in [0.717, 1.165) is 12.0 Å². The fourth-order valence-electron chi connectivity index (χ4n) is 3.19. The van der Waals surface area contributed by atoms with Gasteiger partial charge in [0.1, 0.15) is 0 Å². The van der Waals surface area contributed by atoms with Crippen molar-refractivity contribution in [2.75, 3.05) is 0 Å². The second-order valence-electron chi connectivity index (χ2n) is 6.17. The molecule has 1 saturated carbocycles. The van der Waals surface area contributed by atoms with Crippen molar-refractivity contribution in [2.24, 2.45) is 5.92 Å². The first kappa shape index (κ1) is 15.1. The fourth-order valence-corrected chi connectivity index (χ4v) is 3.19. The zero-order valence-electron chi connectivity index (χ0n) is 12.8. The Balaban J connectivity index is 1.82. The molecule has 1 aliphatic carbocycles. The maximum atomic E-state index is 12.2. The highest BCUT2D eigenvalue weighted by molar-refractivity contribution is 5.78. The van der Waals surface area contributed by atoms with Crippen LogP contribution in [-0.2, 0) is 11.2 Å². The number of rotatable bonds is 6. The molecule has 0 radical (unpaired) electrons. The van der Waals surface area contributed by atoms with Crippen molar-refractivity contribution in [1.29, 1.82) is 0 Å². The van der Waals surface area contributed by atoms with Gasteiger partial charge in [-0.3, -0.25) is 4.79 Å². The van der Waals surface area contributed by atoms with Crippen LogP contribution in [0.4, 0.5) is 0 Å². The lowest BCUT2D eigenvalue weighted by molar-refractivity contribution is -0.121. The van der Waals surface area contributed by atoms with Gasteiger partial charge in [0.25, 0.3) is 0 Å². The number of amides is 1. The monoisotopic (exact) mass is 273 g/mol. The number of unbranched alkanes of at least 4 members (excludes halogenated alkanes) is 1. The number of nitrogens with one attached hydrogen (secondary N) is 1. The van der Waals surface area contributed by atoms with E-state index < -0.39 is 0 Å². The highest BCUT2D eigenvalue weighted by Gasteiger charge is 2.27. The lowest BCUT2D eigenvalue weighted by atomic mass is 9.96. The van der Waals surface area contributed by atoms with Crippen molar-refractivity contribution in [3.05, 3.63) is 35.4 Å². The molecule has 2 unspecified atom stereocenters. The summed E-state index contributed by atoms with van der Waals surface area (Å²) >= 11 is 0. The molecule has 1 amide bonds. The van der Waals surface area contributed by atoms with Crippen LogP contribution in [0.1, 0.15) is 56.6 Å². The average Bonchev–Trinajstić information content (AvgIpc) is 2.86. The van der Waals surface area contributed by atoms with Crippen LogP contribution in [0.2, 0.25) is 0 Å². The first-order valence-electron chi connectivity index (χ1n) is 8.04. The number of hydrogen-bond donors (Lipinski definition) is 1. The van der Waals surface area contributed by atoms with Gasteiger partial charge in [0.2, 0.25) is 5.91 Å². The molecule has 0 heterocycles. The summed E-state index contributed by atoms with van der Waals surface area (Å²) in [6.07, 6.45) is 8.03. The molecule has 2 heteroatoms. The van der Waals surface area contributed by atoms with E-state index in [1.54, 1.807) is 0 Å². The van der Waals surface area contributed by atoms with E-state index in [9.17, 15) is 4.79 Å². The van der Waals surface area contributed by atoms with Crippen LogP contribution >= 0.6 is 0 Å². The smallest absolute Gasteiger partial charge is 0.224 e. The Labute approximate surface area is 123 Å². The molecule has 1 aromatic rings. The maximum absolute atomic E-state index is 12.2. The number of carbonyl (C=O) groups excluding carboxylic acids is 1. The van der Waals surface area contributed by atoms with Gasteiger partial charge >= 0.3 is 0 Å². The number of aryl methyl sites for hydroxylation is 1. The molecule has 0 saturated heterocycles. The summed E-state index contributed by atoms with van der Waals surface area (Å²) in [5.41, 5.74) is 2.35. The summed E-state index contributed by atoms with van der Waals surface area (Å²) in [4.78, 5) is 12.2. The largest absolute Gasteiger partial charge is 0.353 e. The lowest BCUT2D eigenvalue weighted by Crippen LogP contribution is -2.38.